The van der Waals surface area contributed by atoms with Crippen molar-refractivity contribution >= 4 is 35.0 Å². The Hall–Kier alpha value is -3.27. The van der Waals surface area contributed by atoms with Crippen molar-refractivity contribution in [2.45, 2.75) is 43.6 Å². The molecule has 9 nitrogen and oxygen atoms in total. The number of benzene rings is 1. The number of piperazine rings is 1. The summed E-state index contributed by atoms with van der Waals surface area (Å²) in [5.41, 5.74) is 0.408. The first-order chi connectivity index (χ1) is 17.0. The van der Waals surface area contributed by atoms with E-state index in [9.17, 15) is 14.0 Å². The molecule has 1 saturated carbocycles. The number of fused-ring (bicyclic) bond motifs is 2. The van der Waals surface area contributed by atoms with Crippen molar-refractivity contribution < 1.29 is 14.0 Å². The first-order valence-corrected chi connectivity index (χ1v) is 12.5. The number of halogens is 1. The van der Waals surface area contributed by atoms with Crippen molar-refractivity contribution in [2.75, 3.05) is 55.3 Å². The topological polar surface area (TPSA) is 93.7 Å². The minimum absolute atomic E-state index is 0.133. The molecule has 35 heavy (non-hydrogen) atoms. The van der Waals surface area contributed by atoms with Crippen molar-refractivity contribution in [2.24, 2.45) is 0 Å². The zero-order valence-corrected chi connectivity index (χ0v) is 19.9. The molecular formula is C25H30FN7O2. The van der Waals surface area contributed by atoms with E-state index in [1.54, 1.807) is 18.3 Å². The van der Waals surface area contributed by atoms with Crippen molar-refractivity contribution in [1.29, 1.82) is 0 Å². The Morgan fingerprint density at radius 1 is 1.11 bits per heavy atom. The van der Waals surface area contributed by atoms with Crippen LogP contribution in [0.3, 0.4) is 0 Å². The molecule has 4 aliphatic rings. The van der Waals surface area contributed by atoms with Gasteiger partial charge >= 0.3 is 0 Å². The summed E-state index contributed by atoms with van der Waals surface area (Å²) in [7, 11) is 2.07. The molecular weight excluding hydrogens is 449 g/mol. The second kappa shape index (κ2) is 8.44. The molecule has 1 unspecified atom stereocenters. The molecule has 10 heteroatoms. The summed E-state index contributed by atoms with van der Waals surface area (Å²) >= 11 is 0. The lowest BCUT2D eigenvalue weighted by Gasteiger charge is -2.34. The Labute approximate surface area is 203 Å². The van der Waals surface area contributed by atoms with Crippen LogP contribution < -0.4 is 15.5 Å². The number of nitrogens with zero attached hydrogens (tertiary/aromatic N) is 5. The van der Waals surface area contributed by atoms with Gasteiger partial charge in [-0.2, -0.15) is 4.98 Å². The molecule has 0 bridgehead atoms. The number of hydrogen-bond donors (Lipinski definition) is 2. The van der Waals surface area contributed by atoms with E-state index in [0.717, 1.165) is 51.9 Å². The van der Waals surface area contributed by atoms with Crippen LogP contribution in [0.5, 0.6) is 0 Å². The largest absolute Gasteiger partial charge is 0.367 e. The van der Waals surface area contributed by atoms with Gasteiger partial charge in [-0.3, -0.25) is 9.59 Å². The fourth-order valence-electron chi connectivity index (χ4n) is 5.97. The summed E-state index contributed by atoms with van der Waals surface area (Å²) < 4.78 is 14.9. The number of likely N-dealkylation sites (N-methyl/N-ethyl adjacent to an activating group) is 1. The molecule has 1 atom stereocenters. The Morgan fingerprint density at radius 2 is 1.89 bits per heavy atom. The molecule has 4 heterocycles. The predicted octanol–water partition coefficient (Wildman–Crippen LogP) is 2.48. The van der Waals surface area contributed by atoms with Gasteiger partial charge in [0, 0.05) is 56.2 Å². The van der Waals surface area contributed by atoms with E-state index < -0.39 is 5.41 Å². The van der Waals surface area contributed by atoms with E-state index in [1.165, 1.54) is 6.07 Å². The molecule has 0 radical (unpaired) electrons. The Bertz CT molecular complexity index is 1180. The zero-order valence-electron chi connectivity index (χ0n) is 19.9. The van der Waals surface area contributed by atoms with Crippen molar-refractivity contribution in [3.05, 3.63) is 35.8 Å². The lowest BCUT2D eigenvalue weighted by Crippen LogP contribution is -2.45. The molecule has 2 saturated heterocycles. The average Bonchev–Trinajstić information content (AvgIpc) is 3.55. The fourth-order valence-corrected chi connectivity index (χ4v) is 5.97. The van der Waals surface area contributed by atoms with Crippen LogP contribution in [-0.2, 0) is 15.0 Å². The molecule has 6 rings (SSSR count). The maximum absolute atomic E-state index is 14.9. The highest BCUT2D eigenvalue weighted by molar-refractivity contribution is 6.21. The van der Waals surface area contributed by atoms with Gasteiger partial charge in [0.2, 0.25) is 17.8 Å². The SMILES string of the molecule is CN1CCN(c2ccc(Nc3ncc4c(n3)NC(=O)C43CCN(C4CCCC4)C3=O)cc2F)CC1. The summed E-state index contributed by atoms with van der Waals surface area (Å²) in [5, 5.41) is 5.84. The number of hydrogen-bond acceptors (Lipinski definition) is 7. The van der Waals surface area contributed by atoms with Crippen LogP contribution in [-0.4, -0.2) is 77.4 Å². The normalized spacial score (nSPS) is 25.0. The number of amides is 2. The van der Waals surface area contributed by atoms with Crippen LogP contribution in [0, 0.1) is 5.82 Å². The smallest absolute Gasteiger partial charge is 0.246 e. The number of carbonyl (C=O) groups excluding carboxylic acids is 2. The van der Waals surface area contributed by atoms with Gasteiger partial charge in [0.05, 0.1) is 5.69 Å². The van der Waals surface area contributed by atoms with E-state index in [1.807, 2.05) is 9.80 Å². The first kappa shape index (κ1) is 22.2. The third-order valence-electron chi connectivity index (χ3n) is 8.04. The molecule has 1 aromatic carbocycles. The summed E-state index contributed by atoms with van der Waals surface area (Å²) in [6.07, 6.45) is 6.25. The fraction of sp³-hybridized carbons (Fsp3) is 0.520. The molecule has 3 fully saturated rings. The van der Waals surface area contributed by atoms with E-state index in [4.69, 9.17) is 0 Å². The average molecular weight is 480 g/mol. The number of carbonyl (C=O) groups is 2. The highest BCUT2D eigenvalue weighted by Crippen LogP contribution is 2.46. The Morgan fingerprint density at radius 3 is 2.63 bits per heavy atom. The number of nitrogens with one attached hydrogen (secondary N) is 2. The van der Waals surface area contributed by atoms with Gasteiger partial charge in [0.15, 0.2) is 5.41 Å². The van der Waals surface area contributed by atoms with Crippen molar-refractivity contribution in [3.8, 4) is 0 Å². The third-order valence-corrected chi connectivity index (χ3v) is 8.04. The van der Waals surface area contributed by atoms with Gasteiger partial charge in [-0.25, -0.2) is 9.37 Å². The summed E-state index contributed by atoms with van der Waals surface area (Å²) in [6.45, 7) is 3.95. The monoisotopic (exact) mass is 479 g/mol. The second-order valence-electron chi connectivity index (χ2n) is 10.1. The van der Waals surface area contributed by atoms with Gasteiger partial charge in [-0.1, -0.05) is 12.8 Å². The third kappa shape index (κ3) is 3.62. The van der Waals surface area contributed by atoms with Gasteiger partial charge in [-0.05, 0) is 44.5 Å². The highest BCUT2D eigenvalue weighted by Gasteiger charge is 2.60. The van der Waals surface area contributed by atoms with Gasteiger partial charge in [-0.15, -0.1) is 0 Å². The summed E-state index contributed by atoms with van der Waals surface area (Å²) in [6, 6.07) is 5.23. The maximum atomic E-state index is 14.9. The first-order valence-electron chi connectivity index (χ1n) is 12.5. The van der Waals surface area contributed by atoms with Gasteiger partial charge in [0.25, 0.3) is 0 Å². The molecule has 1 spiro atoms. The summed E-state index contributed by atoms with van der Waals surface area (Å²) in [5.74, 6) is -0.176. The van der Waals surface area contributed by atoms with E-state index in [-0.39, 0.29) is 29.6 Å². The minimum atomic E-state index is -1.23. The Balaban J connectivity index is 1.21. The van der Waals surface area contributed by atoms with Crippen LogP contribution in [0.1, 0.15) is 37.7 Å². The molecule has 3 aliphatic heterocycles. The van der Waals surface area contributed by atoms with Crippen molar-refractivity contribution in [1.82, 2.24) is 19.8 Å². The number of rotatable bonds is 4. The summed E-state index contributed by atoms with van der Waals surface area (Å²) in [4.78, 5) is 41.5. The molecule has 2 amide bonds. The lowest BCUT2D eigenvalue weighted by molar-refractivity contribution is -0.138. The van der Waals surface area contributed by atoms with E-state index in [0.29, 0.717) is 35.7 Å². The number of aromatic nitrogens is 2. The lowest BCUT2D eigenvalue weighted by atomic mass is 9.81. The zero-order chi connectivity index (χ0) is 24.2. The number of likely N-dealkylation sites (tertiary alicyclic amines) is 1. The van der Waals surface area contributed by atoms with Crippen LogP contribution in [0.25, 0.3) is 0 Å². The van der Waals surface area contributed by atoms with Crippen LogP contribution in [0.4, 0.5) is 27.5 Å². The minimum Gasteiger partial charge on any atom is -0.367 e. The van der Waals surface area contributed by atoms with Gasteiger partial charge < -0.3 is 25.3 Å². The predicted molar refractivity (Wildman–Crippen MR) is 130 cm³/mol. The molecule has 1 aromatic heterocycles. The standard InChI is InChI=1S/C25H30FN7O2/c1-31-10-12-32(13-11-31)20-7-6-16(14-19(20)26)28-24-27-15-18-21(30-24)29-22(34)25(18)8-9-33(23(25)35)17-4-2-3-5-17/h6-7,14-15,17H,2-5,8-13H2,1H3,(H2,27,28,29,30,34). The van der Waals surface area contributed by atoms with E-state index in [2.05, 4.69) is 32.5 Å². The van der Waals surface area contributed by atoms with E-state index >= 15 is 0 Å². The molecule has 2 N–H and O–H groups in total. The molecule has 1 aliphatic carbocycles. The Kier molecular flexibility index (Phi) is 5.36. The maximum Gasteiger partial charge on any atom is 0.246 e. The van der Waals surface area contributed by atoms with Crippen LogP contribution in [0.2, 0.25) is 0 Å². The van der Waals surface area contributed by atoms with Gasteiger partial charge in [0.1, 0.15) is 11.6 Å². The molecule has 2 aromatic rings. The second-order valence-corrected chi connectivity index (χ2v) is 10.1. The van der Waals surface area contributed by atoms with Crippen LogP contribution >= 0.6 is 0 Å². The number of anilines is 4. The quantitative estimate of drug-likeness (QED) is 0.651. The highest BCUT2D eigenvalue weighted by atomic mass is 19.1. The molecule has 184 valence electrons. The van der Waals surface area contributed by atoms with Crippen LogP contribution in [0.15, 0.2) is 24.4 Å². The van der Waals surface area contributed by atoms with Crippen molar-refractivity contribution in [3.63, 3.8) is 0 Å².